The summed E-state index contributed by atoms with van der Waals surface area (Å²) in [7, 11) is 1.44. The van der Waals surface area contributed by atoms with E-state index >= 15 is 0 Å². The quantitative estimate of drug-likeness (QED) is 0.640. The van der Waals surface area contributed by atoms with Gasteiger partial charge in [0.05, 0.1) is 7.11 Å². The highest BCUT2D eigenvalue weighted by atomic mass is 79.9. The summed E-state index contributed by atoms with van der Waals surface area (Å²) in [5, 5.41) is 0. The lowest BCUT2D eigenvalue weighted by atomic mass is 9.77. The van der Waals surface area contributed by atoms with Gasteiger partial charge in [-0.3, -0.25) is 0 Å². The Morgan fingerprint density at radius 1 is 1.36 bits per heavy atom. The third kappa shape index (κ3) is 1.69. The summed E-state index contributed by atoms with van der Waals surface area (Å²) >= 11 is 7.28. The molecule has 2 fully saturated rings. The molecule has 0 N–H and O–H groups in total. The summed E-state index contributed by atoms with van der Waals surface area (Å²) in [5.41, 5.74) is 0. The molecule has 3 nitrogen and oxygen atoms in total. The summed E-state index contributed by atoms with van der Waals surface area (Å²) < 4.78 is 4.73. The van der Waals surface area contributed by atoms with Crippen LogP contribution in [0.25, 0.3) is 0 Å². The van der Waals surface area contributed by atoms with Crippen LogP contribution in [0.4, 0.5) is 4.79 Å². The van der Waals surface area contributed by atoms with Crippen LogP contribution >= 0.6 is 31.9 Å². The summed E-state index contributed by atoms with van der Waals surface area (Å²) in [4.78, 5) is 14.2. The molecule has 1 aliphatic heterocycles. The van der Waals surface area contributed by atoms with Gasteiger partial charge in [0.2, 0.25) is 0 Å². The minimum Gasteiger partial charge on any atom is -0.453 e. The molecule has 1 saturated heterocycles. The number of fused-ring (bicyclic) bond motifs is 1. The molecule has 0 aromatic carbocycles. The van der Waals surface area contributed by atoms with Crippen molar-refractivity contribution in [2.45, 2.75) is 28.5 Å². The zero-order valence-electron chi connectivity index (χ0n) is 7.95. The number of ether oxygens (including phenoxy) is 1. The zero-order chi connectivity index (χ0) is 10.3. The van der Waals surface area contributed by atoms with Gasteiger partial charge in [-0.15, -0.1) is 0 Å². The van der Waals surface area contributed by atoms with Crippen LogP contribution in [-0.4, -0.2) is 40.3 Å². The fraction of sp³-hybridized carbons (Fsp3) is 0.889. The van der Waals surface area contributed by atoms with Crippen molar-refractivity contribution in [1.29, 1.82) is 0 Å². The molecule has 0 aromatic rings. The van der Waals surface area contributed by atoms with E-state index in [1.54, 1.807) is 0 Å². The van der Waals surface area contributed by atoms with Crippen LogP contribution in [0.5, 0.6) is 0 Å². The van der Waals surface area contributed by atoms with Crippen molar-refractivity contribution in [3.8, 4) is 0 Å². The van der Waals surface area contributed by atoms with Crippen molar-refractivity contribution in [3.05, 3.63) is 0 Å². The maximum absolute atomic E-state index is 11.3. The predicted molar refractivity (Wildman–Crippen MR) is 61.1 cm³/mol. The van der Waals surface area contributed by atoms with Crippen LogP contribution in [0, 0.1) is 5.92 Å². The van der Waals surface area contributed by atoms with E-state index in [0.717, 1.165) is 19.4 Å². The second-order valence-electron chi connectivity index (χ2n) is 3.95. The molecule has 0 aromatic heterocycles. The summed E-state index contributed by atoms with van der Waals surface area (Å²) in [6.07, 6.45) is 1.99. The first-order valence-electron chi connectivity index (χ1n) is 4.76. The van der Waals surface area contributed by atoms with Crippen molar-refractivity contribution in [2.75, 3.05) is 13.7 Å². The monoisotopic (exact) mass is 325 g/mol. The second kappa shape index (κ2) is 4.00. The third-order valence-electron chi connectivity index (χ3n) is 3.17. The molecule has 1 amide bonds. The van der Waals surface area contributed by atoms with Gasteiger partial charge in [0.25, 0.3) is 0 Å². The van der Waals surface area contributed by atoms with E-state index in [2.05, 4.69) is 31.9 Å². The van der Waals surface area contributed by atoms with Gasteiger partial charge in [-0.1, -0.05) is 31.9 Å². The molecule has 1 saturated carbocycles. The molecule has 0 unspecified atom stereocenters. The van der Waals surface area contributed by atoms with Crippen molar-refractivity contribution < 1.29 is 9.53 Å². The number of likely N-dealkylation sites (tertiary alicyclic amines) is 1. The molecular formula is C9H13Br2NO2. The number of carbonyl (C=O) groups excluding carboxylic acids is 1. The average molecular weight is 327 g/mol. The normalized spacial score (nSPS) is 41.2. The first-order valence-corrected chi connectivity index (χ1v) is 6.59. The lowest BCUT2D eigenvalue weighted by Gasteiger charge is -2.52. The standard InChI is InChI=1S/C9H13Br2NO2/c1-14-9(13)12-4-5-2-6(10)7(11)3-8(5)12/h5-8H,2-4H2,1H3/t5-,6+,7-,8-/m0/s1. The van der Waals surface area contributed by atoms with E-state index in [-0.39, 0.29) is 6.09 Å². The van der Waals surface area contributed by atoms with E-state index in [9.17, 15) is 4.79 Å². The fourth-order valence-corrected chi connectivity index (χ4v) is 3.61. The Bertz CT molecular complexity index is 249. The van der Waals surface area contributed by atoms with Crippen LogP contribution in [0.3, 0.4) is 0 Å². The Morgan fingerprint density at radius 3 is 2.64 bits per heavy atom. The van der Waals surface area contributed by atoms with Crippen molar-refractivity contribution in [2.24, 2.45) is 5.92 Å². The minimum absolute atomic E-state index is 0.182. The Hall–Kier alpha value is 0.230. The van der Waals surface area contributed by atoms with Crippen molar-refractivity contribution >= 4 is 38.0 Å². The van der Waals surface area contributed by atoms with E-state index in [0.29, 0.717) is 21.6 Å². The highest BCUT2D eigenvalue weighted by Crippen LogP contribution is 2.42. The number of alkyl halides is 2. The summed E-state index contributed by atoms with van der Waals surface area (Å²) in [6.45, 7) is 0.860. The number of halogens is 2. The predicted octanol–water partition coefficient (Wildman–Crippen LogP) is 2.37. The number of amides is 1. The van der Waals surface area contributed by atoms with Gasteiger partial charge in [0.1, 0.15) is 0 Å². The van der Waals surface area contributed by atoms with Crippen LogP contribution in [-0.2, 0) is 4.74 Å². The average Bonchev–Trinajstić information content (AvgIpc) is 2.16. The van der Waals surface area contributed by atoms with Gasteiger partial charge in [-0.2, -0.15) is 0 Å². The molecule has 80 valence electrons. The molecule has 4 atom stereocenters. The van der Waals surface area contributed by atoms with E-state index in [1.165, 1.54) is 7.11 Å². The summed E-state index contributed by atoms with van der Waals surface area (Å²) in [5.74, 6) is 0.660. The lowest BCUT2D eigenvalue weighted by Crippen LogP contribution is -2.62. The molecule has 1 heterocycles. The molecule has 0 bridgehead atoms. The van der Waals surface area contributed by atoms with Gasteiger partial charge >= 0.3 is 6.09 Å². The van der Waals surface area contributed by atoms with Crippen LogP contribution in [0.1, 0.15) is 12.8 Å². The van der Waals surface area contributed by atoms with Crippen molar-refractivity contribution in [3.63, 3.8) is 0 Å². The number of rotatable bonds is 0. The smallest absolute Gasteiger partial charge is 0.409 e. The lowest BCUT2D eigenvalue weighted by molar-refractivity contribution is -0.00401. The Balaban J connectivity index is 1.96. The first kappa shape index (κ1) is 10.7. The molecule has 2 rings (SSSR count). The number of carbonyl (C=O) groups is 1. The Morgan fingerprint density at radius 2 is 2.00 bits per heavy atom. The maximum atomic E-state index is 11.3. The summed E-state index contributed by atoms with van der Waals surface area (Å²) in [6, 6.07) is 0.389. The van der Waals surface area contributed by atoms with Gasteiger partial charge in [0, 0.05) is 22.2 Å². The van der Waals surface area contributed by atoms with Gasteiger partial charge in [-0.05, 0) is 18.8 Å². The van der Waals surface area contributed by atoms with E-state index < -0.39 is 0 Å². The number of hydrogen-bond acceptors (Lipinski definition) is 2. The number of hydrogen-bond donors (Lipinski definition) is 0. The van der Waals surface area contributed by atoms with Crippen LogP contribution in [0.15, 0.2) is 0 Å². The molecule has 0 radical (unpaired) electrons. The van der Waals surface area contributed by atoms with E-state index in [4.69, 9.17) is 4.74 Å². The molecular weight excluding hydrogens is 314 g/mol. The van der Waals surface area contributed by atoms with Crippen molar-refractivity contribution in [1.82, 2.24) is 4.90 Å². The maximum Gasteiger partial charge on any atom is 0.409 e. The molecule has 1 aliphatic carbocycles. The largest absolute Gasteiger partial charge is 0.453 e. The van der Waals surface area contributed by atoms with Crippen LogP contribution < -0.4 is 0 Å². The zero-order valence-corrected chi connectivity index (χ0v) is 11.1. The Kier molecular flexibility index (Phi) is 3.07. The number of nitrogens with zero attached hydrogens (tertiary/aromatic N) is 1. The second-order valence-corrected chi connectivity index (χ2v) is 6.31. The Labute approximate surface area is 100 Å². The SMILES string of the molecule is COC(=O)N1C[C@@H]2C[C@@H](Br)[C@@H](Br)C[C@@H]21. The first-order chi connectivity index (χ1) is 6.63. The van der Waals surface area contributed by atoms with Gasteiger partial charge in [0.15, 0.2) is 0 Å². The van der Waals surface area contributed by atoms with E-state index in [1.807, 2.05) is 4.90 Å². The topological polar surface area (TPSA) is 29.5 Å². The van der Waals surface area contributed by atoms with Gasteiger partial charge in [-0.25, -0.2) is 4.79 Å². The van der Waals surface area contributed by atoms with Crippen LogP contribution in [0.2, 0.25) is 0 Å². The third-order valence-corrected chi connectivity index (χ3v) is 5.91. The number of methoxy groups -OCH3 is 1. The highest BCUT2D eigenvalue weighted by Gasteiger charge is 2.47. The highest BCUT2D eigenvalue weighted by molar-refractivity contribution is 9.12. The minimum atomic E-state index is -0.182. The fourth-order valence-electron chi connectivity index (χ4n) is 2.32. The molecule has 14 heavy (non-hydrogen) atoms. The van der Waals surface area contributed by atoms with Gasteiger partial charge < -0.3 is 9.64 Å². The molecule has 2 aliphatic rings. The molecule has 5 heteroatoms. The molecule has 0 spiro atoms.